The van der Waals surface area contributed by atoms with Crippen LogP contribution in [0.1, 0.15) is 47.2 Å². The minimum Gasteiger partial charge on any atom is -0.294 e. The molecule has 0 amide bonds. The zero-order chi connectivity index (χ0) is 13.5. The molecule has 1 fully saturated rings. The molecule has 4 rings (SSSR count). The molecule has 0 atom stereocenters. The highest BCUT2D eigenvalue weighted by atomic mass is 16.1. The van der Waals surface area contributed by atoms with E-state index in [0.29, 0.717) is 5.78 Å². The standard InChI is InChI=1S/C19H18O/c20-19(13-5-1-2-6-13)16-10-9-15-11-14-7-3-4-8-17(14)18(15)12-16/h3-4,7-10,12-13H,1-2,5-6,11H2. The number of fused-ring (bicyclic) bond motifs is 3. The fraction of sp³-hybridized carbons (Fsp3) is 0.316. The first-order valence-corrected chi connectivity index (χ1v) is 7.58. The topological polar surface area (TPSA) is 17.1 Å². The number of rotatable bonds is 2. The van der Waals surface area contributed by atoms with E-state index in [-0.39, 0.29) is 5.92 Å². The van der Waals surface area contributed by atoms with Crippen LogP contribution in [0.15, 0.2) is 42.5 Å². The Kier molecular flexibility index (Phi) is 2.73. The Morgan fingerprint density at radius 1 is 0.900 bits per heavy atom. The zero-order valence-electron chi connectivity index (χ0n) is 11.6. The van der Waals surface area contributed by atoms with E-state index in [9.17, 15) is 4.79 Å². The Balaban J connectivity index is 1.74. The summed E-state index contributed by atoms with van der Waals surface area (Å²) >= 11 is 0. The maximum Gasteiger partial charge on any atom is 0.165 e. The second kappa shape index (κ2) is 4.59. The Hall–Kier alpha value is -1.89. The molecule has 100 valence electrons. The summed E-state index contributed by atoms with van der Waals surface area (Å²) < 4.78 is 0. The van der Waals surface area contributed by atoms with Crippen molar-refractivity contribution in [1.29, 1.82) is 0 Å². The lowest BCUT2D eigenvalue weighted by Gasteiger charge is -2.09. The normalized spacial score (nSPS) is 17.0. The molecule has 0 saturated heterocycles. The monoisotopic (exact) mass is 262 g/mol. The van der Waals surface area contributed by atoms with E-state index in [1.165, 1.54) is 35.1 Å². The molecular weight excluding hydrogens is 244 g/mol. The number of ketones is 1. The van der Waals surface area contributed by atoms with Gasteiger partial charge in [-0.15, -0.1) is 0 Å². The van der Waals surface area contributed by atoms with Crippen molar-refractivity contribution in [2.24, 2.45) is 5.92 Å². The van der Waals surface area contributed by atoms with Gasteiger partial charge in [-0.1, -0.05) is 49.2 Å². The highest BCUT2D eigenvalue weighted by molar-refractivity contribution is 5.99. The molecule has 2 aliphatic rings. The minimum absolute atomic E-state index is 0.268. The highest BCUT2D eigenvalue weighted by Crippen LogP contribution is 2.38. The molecule has 1 heteroatoms. The van der Waals surface area contributed by atoms with Gasteiger partial charge in [0, 0.05) is 11.5 Å². The summed E-state index contributed by atoms with van der Waals surface area (Å²) in [6.45, 7) is 0. The first-order valence-electron chi connectivity index (χ1n) is 7.58. The summed E-state index contributed by atoms with van der Waals surface area (Å²) in [5, 5.41) is 0. The zero-order valence-corrected chi connectivity index (χ0v) is 11.6. The van der Waals surface area contributed by atoms with Crippen molar-refractivity contribution >= 4 is 5.78 Å². The van der Waals surface area contributed by atoms with Crippen LogP contribution in [0.2, 0.25) is 0 Å². The molecule has 1 saturated carbocycles. The number of hydrogen-bond acceptors (Lipinski definition) is 1. The van der Waals surface area contributed by atoms with Crippen LogP contribution in [0.4, 0.5) is 0 Å². The van der Waals surface area contributed by atoms with Crippen LogP contribution in [0, 0.1) is 5.92 Å². The molecule has 1 nitrogen and oxygen atoms in total. The van der Waals surface area contributed by atoms with E-state index in [4.69, 9.17) is 0 Å². The summed E-state index contributed by atoms with van der Waals surface area (Å²) in [6, 6.07) is 14.8. The van der Waals surface area contributed by atoms with Gasteiger partial charge in [0.15, 0.2) is 5.78 Å². The summed E-state index contributed by atoms with van der Waals surface area (Å²) in [5.74, 6) is 0.624. The summed E-state index contributed by atoms with van der Waals surface area (Å²) in [7, 11) is 0. The van der Waals surface area contributed by atoms with Crippen LogP contribution in [-0.4, -0.2) is 5.78 Å². The molecule has 0 heterocycles. The molecule has 2 aromatic carbocycles. The van der Waals surface area contributed by atoms with Gasteiger partial charge in [0.2, 0.25) is 0 Å². The van der Waals surface area contributed by atoms with Crippen molar-refractivity contribution in [2.75, 3.05) is 0 Å². The average Bonchev–Trinajstić information content (AvgIpc) is 3.13. The van der Waals surface area contributed by atoms with Crippen molar-refractivity contribution in [2.45, 2.75) is 32.1 Å². The Morgan fingerprint density at radius 2 is 1.65 bits per heavy atom. The molecular formula is C19H18O. The molecule has 0 aromatic heterocycles. The quantitative estimate of drug-likeness (QED) is 0.615. The SMILES string of the molecule is O=C(c1ccc2c(c1)-c1ccccc1C2)C1CCCC1. The molecule has 0 bridgehead atoms. The van der Waals surface area contributed by atoms with Gasteiger partial charge in [0.25, 0.3) is 0 Å². The average molecular weight is 262 g/mol. The van der Waals surface area contributed by atoms with E-state index in [1.54, 1.807) is 0 Å². The lowest BCUT2D eigenvalue weighted by molar-refractivity contribution is 0.0923. The highest BCUT2D eigenvalue weighted by Gasteiger charge is 2.25. The van der Waals surface area contributed by atoms with Crippen LogP contribution in [-0.2, 0) is 6.42 Å². The third-order valence-corrected chi connectivity index (χ3v) is 4.81. The fourth-order valence-corrected chi connectivity index (χ4v) is 3.70. The maximum absolute atomic E-state index is 12.6. The molecule has 0 N–H and O–H groups in total. The Labute approximate surface area is 119 Å². The van der Waals surface area contributed by atoms with Crippen LogP contribution >= 0.6 is 0 Å². The maximum atomic E-state index is 12.6. The minimum atomic E-state index is 0.268. The van der Waals surface area contributed by atoms with Crippen LogP contribution < -0.4 is 0 Å². The molecule has 20 heavy (non-hydrogen) atoms. The molecule has 0 aliphatic heterocycles. The van der Waals surface area contributed by atoms with E-state index < -0.39 is 0 Å². The van der Waals surface area contributed by atoms with Gasteiger partial charge < -0.3 is 0 Å². The second-order valence-electron chi connectivity index (χ2n) is 6.05. The van der Waals surface area contributed by atoms with Gasteiger partial charge in [0.1, 0.15) is 0 Å². The summed E-state index contributed by atoms with van der Waals surface area (Å²) in [6.07, 6.45) is 5.58. The van der Waals surface area contributed by atoms with E-state index in [0.717, 1.165) is 24.8 Å². The smallest absolute Gasteiger partial charge is 0.165 e. The number of carbonyl (C=O) groups excluding carboxylic acids is 1. The van der Waals surface area contributed by atoms with Gasteiger partial charge in [0.05, 0.1) is 0 Å². The predicted octanol–water partition coefficient (Wildman–Crippen LogP) is 4.63. The van der Waals surface area contributed by atoms with Gasteiger partial charge in [-0.2, -0.15) is 0 Å². The van der Waals surface area contributed by atoms with Gasteiger partial charge in [-0.25, -0.2) is 0 Å². The van der Waals surface area contributed by atoms with E-state index >= 15 is 0 Å². The molecule has 2 aromatic rings. The Morgan fingerprint density at radius 3 is 2.50 bits per heavy atom. The lowest BCUT2D eigenvalue weighted by Crippen LogP contribution is -2.11. The first-order chi connectivity index (χ1) is 9.83. The van der Waals surface area contributed by atoms with Gasteiger partial charge in [-0.05, 0) is 47.6 Å². The van der Waals surface area contributed by atoms with E-state index in [1.807, 2.05) is 6.07 Å². The third-order valence-electron chi connectivity index (χ3n) is 4.81. The summed E-state index contributed by atoms with van der Waals surface area (Å²) in [5.41, 5.74) is 6.22. The third kappa shape index (κ3) is 1.81. The van der Waals surface area contributed by atoms with Crippen LogP contribution in [0.3, 0.4) is 0 Å². The lowest BCUT2D eigenvalue weighted by atomic mass is 9.93. The van der Waals surface area contributed by atoms with Crippen molar-refractivity contribution in [3.63, 3.8) is 0 Å². The number of Topliss-reactive ketones (excluding diaryl/α,β-unsaturated/α-hetero) is 1. The predicted molar refractivity (Wildman–Crippen MR) is 81.0 cm³/mol. The number of hydrogen-bond donors (Lipinski definition) is 0. The van der Waals surface area contributed by atoms with Crippen LogP contribution in [0.25, 0.3) is 11.1 Å². The first kappa shape index (κ1) is 11.9. The molecule has 2 aliphatic carbocycles. The largest absolute Gasteiger partial charge is 0.294 e. The fourth-order valence-electron chi connectivity index (χ4n) is 3.70. The van der Waals surface area contributed by atoms with Crippen molar-refractivity contribution in [3.8, 4) is 11.1 Å². The molecule has 0 spiro atoms. The van der Waals surface area contributed by atoms with Crippen molar-refractivity contribution in [3.05, 3.63) is 59.2 Å². The second-order valence-corrected chi connectivity index (χ2v) is 6.05. The summed E-state index contributed by atoms with van der Waals surface area (Å²) in [4.78, 5) is 12.6. The Bertz CT molecular complexity index is 678. The van der Waals surface area contributed by atoms with Crippen LogP contribution in [0.5, 0.6) is 0 Å². The van der Waals surface area contributed by atoms with Crippen molar-refractivity contribution < 1.29 is 4.79 Å². The van der Waals surface area contributed by atoms with E-state index in [2.05, 4.69) is 36.4 Å². The number of benzene rings is 2. The molecule has 0 unspecified atom stereocenters. The number of carbonyl (C=O) groups is 1. The molecule has 0 radical (unpaired) electrons. The van der Waals surface area contributed by atoms with Crippen molar-refractivity contribution in [1.82, 2.24) is 0 Å². The van der Waals surface area contributed by atoms with Gasteiger partial charge >= 0.3 is 0 Å². The van der Waals surface area contributed by atoms with Gasteiger partial charge in [-0.3, -0.25) is 4.79 Å².